The van der Waals surface area contributed by atoms with Gasteiger partial charge in [0.25, 0.3) is 0 Å². The van der Waals surface area contributed by atoms with Gasteiger partial charge < -0.3 is 15.7 Å². The summed E-state index contributed by atoms with van der Waals surface area (Å²) in [5.41, 5.74) is 0.498. The van der Waals surface area contributed by atoms with Crippen LogP contribution in [0.5, 0.6) is 0 Å². The van der Waals surface area contributed by atoms with Crippen molar-refractivity contribution in [2.75, 3.05) is 0 Å². The highest BCUT2D eigenvalue weighted by atomic mass is 19.1. The number of hydrogen-bond acceptors (Lipinski definition) is 3. The lowest BCUT2D eigenvalue weighted by atomic mass is 10.1. The Morgan fingerprint density at radius 1 is 1.00 bits per heavy atom. The standard InChI is InChI=1S/C19H18F2N2O4/c1-11(22-16(24)9-12-7-14(20)10-15(21)8-12)18(25)23-17(19(26)27)13-5-3-2-4-6-13/h2-8,10-11,17H,9H2,1H3,(H,22,24)(H,23,25)(H,26,27)/t11-,17+/m0/s1. The van der Waals surface area contributed by atoms with Gasteiger partial charge in [-0.05, 0) is 30.2 Å². The number of carboxylic acids is 1. The van der Waals surface area contributed by atoms with Gasteiger partial charge in [-0.1, -0.05) is 30.3 Å². The molecule has 0 spiro atoms. The zero-order valence-electron chi connectivity index (χ0n) is 14.4. The highest BCUT2D eigenvalue weighted by Gasteiger charge is 2.25. The molecular formula is C19H18F2N2O4. The average Bonchev–Trinajstić information content (AvgIpc) is 2.58. The number of nitrogens with one attached hydrogen (secondary N) is 2. The van der Waals surface area contributed by atoms with E-state index in [-0.39, 0.29) is 12.0 Å². The molecule has 0 aliphatic rings. The van der Waals surface area contributed by atoms with E-state index in [0.29, 0.717) is 11.6 Å². The largest absolute Gasteiger partial charge is 0.479 e. The van der Waals surface area contributed by atoms with Gasteiger partial charge in [0, 0.05) is 6.07 Å². The molecule has 2 amide bonds. The first-order chi connectivity index (χ1) is 12.8. The number of benzene rings is 2. The molecule has 0 aliphatic heterocycles. The van der Waals surface area contributed by atoms with Crippen molar-refractivity contribution in [3.05, 3.63) is 71.3 Å². The van der Waals surface area contributed by atoms with Crippen molar-refractivity contribution in [3.63, 3.8) is 0 Å². The van der Waals surface area contributed by atoms with Crippen molar-refractivity contribution < 1.29 is 28.3 Å². The minimum atomic E-state index is -1.27. The highest BCUT2D eigenvalue weighted by Crippen LogP contribution is 2.13. The average molecular weight is 376 g/mol. The van der Waals surface area contributed by atoms with Crippen LogP contribution < -0.4 is 10.6 Å². The first-order valence-corrected chi connectivity index (χ1v) is 8.08. The van der Waals surface area contributed by atoms with Crippen LogP contribution in [0.15, 0.2) is 48.5 Å². The molecule has 6 nitrogen and oxygen atoms in total. The van der Waals surface area contributed by atoms with E-state index >= 15 is 0 Å². The Hall–Kier alpha value is -3.29. The molecule has 2 rings (SSSR count). The molecule has 0 aliphatic carbocycles. The van der Waals surface area contributed by atoms with E-state index in [9.17, 15) is 28.3 Å². The van der Waals surface area contributed by atoms with E-state index in [1.807, 2.05) is 0 Å². The topological polar surface area (TPSA) is 95.5 Å². The van der Waals surface area contributed by atoms with E-state index in [0.717, 1.165) is 12.1 Å². The summed E-state index contributed by atoms with van der Waals surface area (Å²) in [5, 5.41) is 14.0. The molecule has 0 bridgehead atoms. The molecule has 0 saturated carbocycles. The van der Waals surface area contributed by atoms with Crippen LogP contribution in [0.4, 0.5) is 8.78 Å². The van der Waals surface area contributed by atoms with E-state index in [1.165, 1.54) is 6.92 Å². The van der Waals surface area contributed by atoms with Crippen molar-refractivity contribution in [1.82, 2.24) is 10.6 Å². The lowest BCUT2D eigenvalue weighted by Crippen LogP contribution is -2.47. The van der Waals surface area contributed by atoms with Gasteiger partial charge in [-0.15, -0.1) is 0 Å². The maximum absolute atomic E-state index is 13.2. The third-order valence-corrected chi connectivity index (χ3v) is 3.72. The van der Waals surface area contributed by atoms with Crippen molar-refractivity contribution in [2.24, 2.45) is 0 Å². The number of aliphatic carboxylic acids is 1. The third kappa shape index (κ3) is 5.88. The molecule has 8 heteroatoms. The Balaban J connectivity index is 1.97. The molecule has 2 aromatic carbocycles. The van der Waals surface area contributed by atoms with Gasteiger partial charge in [-0.3, -0.25) is 9.59 Å². The van der Waals surface area contributed by atoms with Crippen LogP contribution in [0, 0.1) is 11.6 Å². The lowest BCUT2D eigenvalue weighted by molar-refractivity contribution is -0.142. The Bertz CT molecular complexity index is 823. The number of carboxylic acid groups (broad SMARTS) is 1. The second kappa shape index (κ2) is 8.88. The molecule has 2 atom stereocenters. The Kier molecular flexibility index (Phi) is 6.59. The maximum Gasteiger partial charge on any atom is 0.330 e. The van der Waals surface area contributed by atoms with Gasteiger partial charge in [-0.25, -0.2) is 13.6 Å². The summed E-state index contributed by atoms with van der Waals surface area (Å²) in [7, 11) is 0. The Morgan fingerprint density at radius 2 is 1.59 bits per heavy atom. The summed E-state index contributed by atoms with van der Waals surface area (Å²) in [6.45, 7) is 1.38. The number of amides is 2. The van der Waals surface area contributed by atoms with Crippen LogP contribution in [0.3, 0.4) is 0 Å². The van der Waals surface area contributed by atoms with E-state index in [4.69, 9.17) is 0 Å². The van der Waals surface area contributed by atoms with Crippen LogP contribution in [0.25, 0.3) is 0 Å². The van der Waals surface area contributed by atoms with Gasteiger partial charge >= 0.3 is 5.97 Å². The van der Waals surface area contributed by atoms with Gasteiger partial charge in [0.2, 0.25) is 11.8 Å². The van der Waals surface area contributed by atoms with E-state index < -0.39 is 41.5 Å². The summed E-state index contributed by atoms with van der Waals surface area (Å²) in [4.78, 5) is 35.6. The normalized spacial score (nSPS) is 12.7. The molecular weight excluding hydrogens is 358 g/mol. The van der Waals surface area contributed by atoms with E-state index in [2.05, 4.69) is 10.6 Å². The second-order valence-corrected chi connectivity index (χ2v) is 5.93. The Morgan fingerprint density at radius 3 is 2.15 bits per heavy atom. The molecule has 0 radical (unpaired) electrons. The van der Waals surface area contributed by atoms with Gasteiger partial charge in [-0.2, -0.15) is 0 Å². The highest BCUT2D eigenvalue weighted by molar-refractivity contribution is 5.91. The fourth-order valence-corrected chi connectivity index (χ4v) is 2.46. The first kappa shape index (κ1) is 20.0. The van der Waals surface area contributed by atoms with Crippen LogP contribution in [0.2, 0.25) is 0 Å². The number of rotatable bonds is 7. The molecule has 27 heavy (non-hydrogen) atoms. The van der Waals surface area contributed by atoms with Crippen LogP contribution in [0.1, 0.15) is 24.1 Å². The van der Waals surface area contributed by atoms with Crippen molar-refractivity contribution in [1.29, 1.82) is 0 Å². The summed E-state index contributed by atoms with van der Waals surface area (Å²) in [5.74, 6) is -4.20. The monoisotopic (exact) mass is 376 g/mol. The second-order valence-electron chi connectivity index (χ2n) is 5.93. The molecule has 0 saturated heterocycles. The molecule has 3 N–H and O–H groups in total. The van der Waals surface area contributed by atoms with Crippen LogP contribution in [-0.4, -0.2) is 28.9 Å². The molecule has 0 fully saturated rings. The summed E-state index contributed by atoms with van der Waals surface area (Å²) < 4.78 is 26.3. The number of carbonyl (C=O) groups excluding carboxylic acids is 2. The summed E-state index contributed by atoms with van der Waals surface area (Å²) in [6, 6.07) is 8.52. The van der Waals surface area contributed by atoms with Crippen LogP contribution in [-0.2, 0) is 20.8 Å². The minimum Gasteiger partial charge on any atom is -0.479 e. The van der Waals surface area contributed by atoms with Crippen LogP contribution >= 0.6 is 0 Å². The minimum absolute atomic E-state index is 0.116. The summed E-state index contributed by atoms with van der Waals surface area (Å²) >= 11 is 0. The molecule has 0 aromatic heterocycles. The number of hydrogen-bond donors (Lipinski definition) is 3. The van der Waals surface area contributed by atoms with Gasteiger partial charge in [0.15, 0.2) is 6.04 Å². The fraction of sp³-hybridized carbons (Fsp3) is 0.211. The maximum atomic E-state index is 13.2. The Labute approximate surface area is 154 Å². The van der Waals surface area contributed by atoms with Crippen molar-refractivity contribution >= 4 is 17.8 Å². The number of carbonyl (C=O) groups is 3. The summed E-state index contributed by atoms with van der Waals surface area (Å²) in [6.07, 6.45) is -0.326. The molecule has 142 valence electrons. The van der Waals surface area contributed by atoms with Crippen molar-refractivity contribution in [2.45, 2.75) is 25.4 Å². The zero-order chi connectivity index (χ0) is 20.0. The third-order valence-electron chi connectivity index (χ3n) is 3.72. The smallest absolute Gasteiger partial charge is 0.330 e. The molecule has 0 unspecified atom stereocenters. The van der Waals surface area contributed by atoms with Gasteiger partial charge in [0.1, 0.15) is 17.7 Å². The predicted molar refractivity (Wildman–Crippen MR) is 92.6 cm³/mol. The number of halogens is 2. The zero-order valence-corrected chi connectivity index (χ0v) is 14.4. The lowest BCUT2D eigenvalue weighted by Gasteiger charge is -2.19. The predicted octanol–water partition coefficient (Wildman–Crippen LogP) is 1.95. The van der Waals surface area contributed by atoms with Gasteiger partial charge in [0.05, 0.1) is 6.42 Å². The SMILES string of the molecule is C[C@H](NC(=O)Cc1cc(F)cc(F)c1)C(=O)N[C@@H](C(=O)O)c1ccccc1. The molecule has 0 heterocycles. The quantitative estimate of drug-likeness (QED) is 0.688. The first-order valence-electron chi connectivity index (χ1n) is 8.08. The van der Waals surface area contributed by atoms with Crippen molar-refractivity contribution in [3.8, 4) is 0 Å². The molecule has 2 aromatic rings. The van der Waals surface area contributed by atoms with E-state index in [1.54, 1.807) is 30.3 Å². The fourth-order valence-electron chi connectivity index (χ4n) is 2.46.